The summed E-state index contributed by atoms with van der Waals surface area (Å²) in [4.78, 5) is 4.79. The lowest BCUT2D eigenvalue weighted by Crippen LogP contribution is -2.45. The number of anilines is 1. The Hall–Kier alpha value is -2.75. The molecule has 0 atom stereocenters. The van der Waals surface area contributed by atoms with E-state index in [0.717, 1.165) is 48.8 Å². The predicted octanol–water partition coefficient (Wildman–Crippen LogP) is 3.98. The van der Waals surface area contributed by atoms with Gasteiger partial charge < -0.3 is 9.80 Å². The monoisotopic (exact) mass is 499 g/mol. The molecular formula is C26H34FN5O2S. The second-order valence-electron chi connectivity index (χ2n) is 9.22. The minimum absolute atomic E-state index is 0.201. The molecule has 1 aliphatic heterocycles. The highest BCUT2D eigenvalue weighted by molar-refractivity contribution is 7.89. The maximum Gasteiger partial charge on any atom is 0.243 e. The standard InChI is InChI=1S/C26H34FN5O2S/c1-5-13-31(35(33,34)24-11-9-20(2)10-12-24)19-25-21(3)28-32(23-8-6-7-22(27)18-23)26(25)30-16-14-29(4)15-17-30/h6-12,18H,5,13-17,19H2,1-4H3. The van der Waals surface area contributed by atoms with E-state index >= 15 is 0 Å². The van der Waals surface area contributed by atoms with Crippen molar-refractivity contribution in [1.82, 2.24) is 19.0 Å². The second kappa shape index (κ2) is 10.5. The number of sulfonamides is 1. The Balaban J connectivity index is 1.79. The Labute approximate surface area is 207 Å². The maximum atomic E-state index is 14.1. The van der Waals surface area contributed by atoms with Gasteiger partial charge in [0.15, 0.2) is 0 Å². The van der Waals surface area contributed by atoms with E-state index in [1.807, 2.05) is 39.0 Å². The van der Waals surface area contributed by atoms with Gasteiger partial charge in [-0.3, -0.25) is 0 Å². The molecule has 0 spiro atoms. The number of nitrogens with zero attached hydrogens (tertiary/aromatic N) is 5. The molecule has 1 aliphatic rings. The molecule has 4 rings (SSSR count). The van der Waals surface area contributed by atoms with Crippen LogP contribution in [0, 0.1) is 19.7 Å². The van der Waals surface area contributed by atoms with Gasteiger partial charge in [-0.05, 0) is 57.6 Å². The minimum Gasteiger partial charge on any atom is -0.354 e. The summed E-state index contributed by atoms with van der Waals surface area (Å²) < 4.78 is 44.7. The van der Waals surface area contributed by atoms with E-state index < -0.39 is 10.0 Å². The molecule has 0 N–H and O–H groups in total. The van der Waals surface area contributed by atoms with Crippen LogP contribution in [0.15, 0.2) is 53.4 Å². The highest BCUT2D eigenvalue weighted by Crippen LogP contribution is 2.31. The molecule has 7 nitrogen and oxygen atoms in total. The van der Waals surface area contributed by atoms with Crippen molar-refractivity contribution in [3.8, 4) is 5.69 Å². The number of benzene rings is 2. The normalized spacial score (nSPS) is 15.2. The Morgan fingerprint density at radius 3 is 2.34 bits per heavy atom. The summed E-state index contributed by atoms with van der Waals surface area (Å²) in [6, 6.07) is 13.3. The number of halogens is 1. The molecule has 9 heteroatoms. The largest absolute Gasteiger partial charge is 0.354 e. The first-order valence-electron chi connectivity index (χ1n) is 12.1. The number of aryl methyl sites for hydroxylation is 2. The summed E-state index contributed by atoms with van der Waals surface area (Å²) in [6.07, 6.45) is 0.687. The SMILES string of the molecule is CCCN(Cc1c(C)nn(-c2cccc(F)c2)c1N1CCN(C)CC1)S(=O)(=O)c1ccc(C)cc1. The lowest BCUT2D eigenvalue weighted by atomic mass is 10.2. The van der Waals surface area contributed by atoms with Gasteiger partial charge in [-0.1, -0.05) is 30.7 Å². The number of likely N-dealkylation sites (N-methyl/N-ethyl adjacent to an activating group) is 1. The van der Waals surface area contributed by atoms with E-state index in [4.69, 9.17) is 5.10 Å². The van der Waals surface area contributed by atoms with Gasteiger partial charge in [0.1, 0.15) is 11.6 Å². The Kier molecular flexibility index (Phi) is 7.59. The Morgan fingerprint density at radius 1 is 1.03 bits per heavy atom. The van der Waals surface area contributed by atoms with Crippen molar-refractivity contribution in [2.45, 2.75) is 38.6 Å². The maximum absolute atomic E-state index is 14.1. The van der Waals surface area contributed by atoms with Crippen LogP contribution in [0.25, 0.3) is 5.69 Å². The van der Waals surface area contributed by atoms with Gasteiger partial charge in [0.2, 0.25) is 10.0 Å². The van der Waals surface area contributed by atoms with Crippen molar-refractivity contribution in [2.75, 3.05) is 44.7 Å². The molecule has 188 valence electrons. The first kappa shape index (κ1) is 25.3. The van der Waals surface area contributed by atoms with Crippen molar-refractivity contribution in [3.63, 3.8) is 0 Å². The zero-order valence-electron chi connectivity index (χ0n) is 20.9. The average molecular weight is 500 g/mol. The molecule has 0 aliphatic carbocycles. The molecule has 3 aromatic rings. The lowest BCUT2D eigenvalue weighted by molar-refractivity contribution is 0.310. The third-order valence-corrected chi connectivity index (χ3v) is 8.34. The van der Waals surface area contributed by atoms with E-state index in [1.165, 1.54) is 16.4 Å². The van der Waals surface area contributed by atoms with Crippen molar-refractivity contribution in [2.24, 2.45) is 0 Å². The van der Waals surface area contributed by atoms with Crippen LogP contribution in [0.1, 0.15) is 30.2 Å². The summed E-state index contributed by atoms with van der Waals surface area (Å²) in [6.45, 7) is 9.73. The van der Waals surface area contributed by atoms with Crippen molar-refractivity contribution in [3.05, 3.63) is 71.2 Å². The van der Waals surface area contributed by atoms with Crippen LogP contribution in [0.4, 0.5) is 10.2 Å². The molecule has 2 heterocycles. The van der Waals surface area contributed by atoms with Gasteiger partial charge in [-0.15, -0.1) is 0 Å². The van der Waals surface area contributed by atoms with Gasteiger partial charge in [0.05, 0.1) is 16.3 Å². The minimum atomic E-state index is -3.70. The molecule has 1 aromatic heterocycles. The number of rotatable bonds is 8. The molecular weight excluding hydrogens is 465 g/mol. The van der Waals surface area contributed by atoms with Gasteiger partial charge in [-0.2, -0.15) is 9.40 Å². The zero-order valence-corrected chi connectivity index (χ0v) is 21.7. The summed E-state index contributed by atoms with van der Waals surface area (Å²) in [7, 11) is -1.62. The number of piperazine rings is 1. The molecule has 1 saturated heterocycles. The number of hydrogen-bond acceptors (Lipinski definition) is 5. The molecule has 0 amide bonds. The van der Waals surface area contributed by atoms with Crippen molar-refractivity contribution in [1.29, 1.82) is 0 Å². The average Bonchev–Trinajstić information content (AvgIpc) is 3.15. The van der Waals surface area contributed by atoms with Crippen LogP contribution >= 0.6 is 0 Å². The third-order valence-electron chi connectivity index (χ3n) is 6.48. The zero-order chi connectivity index (χ0) is 25.2. The number of aromatic nitrogens is 2. The summed E-state index contributed by atoms with van der Waals surface area (Å²) in [5.74, 6) is 0.498. The van der Waals surface area contributed by atoms with Gasteiger partial charge in [0, 0.05) is 44.8 Å². The molecule has 0 bridgehead atoms. The topological polar surface area (TPSA) is 61.7 Å². The predicted molar refractivity (Wildman–Crippen MR) is 137 cm³/mol. The van der Waals surface area contributed by atoms with Crippen LogP contribution in [0.3, 0.4) is 0 Å². The quantitative estimate of drug-likeness (QED) is 0.469. The van der Waals surface area contributed by atoms with E-state index in [-0.39, 0.29) is 17.3 Å². The lowest BCUT2D eigenvalue weighted by Gasteiger charge is -2.35. The fraction of sp³-hybridized carbons (Fsp3) is 0.423. The molecule has 0 unspecified atom stereocenters. The van der Waals surface area contributed by atoms with Crippen LogP contribution < -0.4 is 4.90 Å². The van der Waals surface area contributed by atoms with Crippen LogP contribution in [-0.4, -0.2) is 67.2 Å². The smallest absolute Gasteiger partial charge is 0.243 e. The third kappa shape index (κ3) is 5.42. The first-order valence-corrected chi connectivity index (χ1v) is 13.5. The van der Waals surface area contributed by atoms with E-state index in [0.29, 0.717) is 18.7 Å². The fourth-order valence-electron chi connectivity index (χ4n) is 4.43. The Bertz CT molecular complexity index is 1270. The van der Waals surface area contributed by atoms with E-state index in [2.05, 4.69) is 16.8 Å². The van der Waals surface area contributed by atoms with Crippen molar-refractivity contribution < 1.29 is 12.8 Å². The van der Waals surface area contributed by atoms with E-state index in [9.17, 15) is 12.8 Å². The fourth-order valence-corrected chi connectivity index (χ4v) is 5.93. The molecule has 35 heavy (non-hydrogen) atoms. The van der Waals surface area contributed by atoms with Gasteiger partial charge in [-0.25, -0.2) is 17.5 Å². The second-order valence-corrected chi connectivity index (χ2v) is 11.2. The highest BCUT2D eigenvalue weighted by Gasteiger charge is 2.30. The number of hydrogen-bond donors (Lipinski definition) is 0. The van der Waals surface area contributed by atoms with Crippen LogP contribution in [0.2, 0.25) is 0 Å². The molecule has 0 saturated carbocycles. The van der Waals surface area contributed by atoms with Gasteiger partial charge >= 0.3 is 0 Å². The van der Waals surface area contributed by atoms with Gasteiger partial charge in [0.25, 0.3) is 0 Å². The first-order chi connectivity index (χ1) is 16.7. The van der Waals surface area contributed by atoms with E-state index in [1.54, 1.807) is 22.9 Å². The molecule has 2 aromatic carbocycles. The summed E-state index contributed by atoms with van der Waals surface area (Å²) in [5.41, 5.74) is 3.22. The summed E-state index contributed by atoms with van der Waals surface area (Å²) >= 11 is 0. The van der Waals surface area contributed by atoms with Crippen molar-refractivity contribution >= 4 is 15.8 Å². The van der Waals surface area contributed by atoms with Crippen LogP contribution in [-0.2, 0) is 16.6 Å². The summed E-state index contributed by atoms with van der Waals surface area (Å²) in [5, 5.41) is 4.77. The molecule has 1 fully saturated rings. The van der Waals surface area contributed by atoms with Crippen LogP contribution in [0.5, 0.6) is 0 Å². The molecule has 0 radical (unpaired) electrons. The Morgan fingerprint density at radius 2 is 1.71 bits per heavy atom. The highest BCUT2D eigenvalue weighted by atomic mass is 32.2.